The molecule has 3 aromatic rings. The summed E-state index contributed by atoms with van der Waals surface area (Å²) >= 11 is 6.20. The fraction of sp³-hybridized carbons (Fsp3) is 0.273. The number of nitrogens with zero attached hydrogens (tertiary/aromatic N) is 2. The zero-order valence-electron chi connectivity index (χ0n) is 16.3. The zero-order chi connectivity index (χ0) is 20.4. The van der Waals surface area contributed by atoms with Gasteiger partial charge in [-0.1, -0.05) is 49.7 Å². The molecule has 0 saturated carbocycles. The molecule has 0 radical (unpaired) electrons. The lowest BCUT2D eigenvalue weighted by atomic mass is 9.84. The van der Waals surface area contributed by atoms with E-state index in [-0.39, 0.29) is 18.1 Å². The molecule has 1 N–H and O–H groups in total. The Labute approximate surface area is 174 Å². The van der Waals surface area contributed by atoms with Gasteiger partial charge in [0.25, 0.3) is 5.91 Å². The predicted octanol–water partition coefficient (Wildman–Crippen LogP) is 4.02. The molecule has 7 heteroatoms. The molecule has 0 saturated heterocycles. The number of fused-ring (bicyclic) bond motifs is 1. The second-order valence-corrected chi connectivity index (χ2v) is 8.06. The molecule has 0 fully saturated rings. The van der Waals surface area contributed by atoms with Crippen molar-refractivity contribution >= 4 is 17.5 Å². The highest BCUT2D eigenvalue weighted by Crippen LogP contribution is 2.36. The van der Waals surface area contributed by atoms with E-state index in [9.17, 15) is 4.79 Å². The number of benzene rings is 2. The number of nitrogens with one attached hydrogen (secondary N) is 1. The molecule has 0 atom stereocenters. The summed E-state index contributed by atoms with van der Waals surface area (Å²) < 4.78 is 12.5. The molecular formula is C22H22ClN3O3. The normalized spacial score (nSPS) is 12.8. The largest absolute Gasteiger partial charge is 0.454 e. The molecule has 1 aromatic heterocycles. The maximum atomic E-state index is 12.6. The van der Waals surface area contributed by atoms with E-state index in [0.717, 1.165) is 22.6 Å². The van der Waals surface area contributed by atoms with Crippen molar-refractivity contribution in [1.29, 1.82) is 0 Å². The topological polar surface area (TPSA) is 65.4 Å². The summed E-state index contributed by atoms with van der Waals surface area (Å²) in [6, 6.07) is 13.5. The molecule has 0 aliphatic carbocycles. The summed E-state index contributed by atoms with van der Waals surface area (Å²) in [6.45, 7) is 5.38. The van der Waals surface area contributed by atoms with Crippen LogP contribution in [0.3, 0.4) is 0 Å². The first kappa shape index (κ1) is 19.3. The number of amides is 1. The molecule has 1 aliphatic rings. The number of carbonyl (C=O) groups excluding carboxylic acids is 1. The van der Waals surface area contributed by atoms with Crippen LogP contribution in [0.1, 0.15) is 35.3 Å². The Hall–Kier alpha value is -2.99. The summed E-state index contributed by atoms with van der Waals surface area (Å²) in [5, 5.41) is 7.97. The third kappa shape index (κ3) is 4.22. The van der Waals surface area contributed by atoms with Crippen molar-refractivity contribution in [3.8, 4) is 11.5 Å². The van der Waals surface area contributed by atoms with Gasteiger partial charge < -0.3 is 14.8 Å². The third-order valence-electron chi connectivity index (χ3n) is 5.03. The SMILES string of the molecule is CC(C)(CNC(=O)c1cnn(Cc2ccccc2Cl)c1)c1ccc2c(c1)OCO2. The maximum Gasteiger partial charge on any atom is 0.254 e. The van der Waals surface area contributed by atoms with E-state index < -0.39 is 0 Å². The number of halogens is 1. The third-order valence-corrected chi connectivity index (χ3v) is 5.40. The zero-order valence-corrected chi connectivity index (χ0v) is 17.1. The highest BCUT2D eigenvalue weighted by molar-refractivity contribution is 6.31. The van der Waals surface area contributed by atoms with Gasteiger partial charge in [-0.25, -0.2) is 0 Å². The van der Waals surface area contributed by atoms with E-state index in [1.54, 1.807) is 17.1 Å². The van der Waals surface area contributed by atoms with Gasteiger partial charge in [0.2, 0.25) is 6.79 Å². The Morgan fingerprint density at radius 1 is 1.21 bits per heavy atom. The van der Waals surface area contributed by atoms with Crippen LogP contribution in [0.5, 0.6) is 11.5 Å². The Morgan fingerprint density at radius 3 is 2.83 bits per heavy atom. The summed E-state index contributed by atoms with van der Waals surface area (Å²) in [7, 11) is 0. The Morgan fingerprint density at radius 2 is 2.00 bits per heavy atom. The monoisotopic (exact) mass is 411 g/mol. The van der Waals surface area contributed by atoms with Crippen molar-refractivity contribution in [3.05, 3.63) is 76.6 Å². The summed E-state index contributed by atoms with van der Waals surface area (Å²) in [6.07, 6.45) is 3.30. The second kappa shape index (κ2) is 7.79. The van der Waals surface area contributed by atoms with Gasteiger partial charge in [-0.15, -0.1) is 0 Å². The van der Waals surface area contributed by atoms with Gasteiger partial charge >= 0.3 is 0 Å². The first-order valence-corrected chi connectivity index (χ1v) is 9.74. The van der Waals surface area contributed by atoms with Crippen LogP contribution in [-0.2, 0) is 12.0 Å². The summed E-state index contributed by atoms with van der Waals surface area (Å²) in [5.41, 5.74) is 2.26. The number of ether oxygens (including phenoxy) is 2. The van der Waals surface area contributed by atoms with E-state index in [4.69, 9.17) is 21.1 Å². The van der Waals surface area contributed by atoms with Crippen molar-refractivity contribution < 1.29 is 14.3 Å². The predicted molar refractivity (Wildman–Crippen MR) is 111 cm³/mol. The molecule has 2 heterocycles. The first-order valence-electron chi connectivity index (χ1n) is 9.36. The molecule has 150 valence electrons. The van der Waals surface area contributed by atoms with Crippen LogP contribution < -0.4 is 14.8 Å². The fourth-order valence-electron chi connectivity index (χ4n) is 3.19. The van der Waals surface area contributed by atoms with Crippen LogP contribution in [0.2, 0.25) is 5.02 Å². The molecule has 2 aromatic carbocycles. The standard InChI is InChI=1S/C22H22ClN3O3/c1-22(2,17-7-8-19-20(9-17)29-14-28-19)13-24-21(27)16-10-25-26(12-16)11-15-5-3-4-6-18(15)23/h3-10,12H,11,13-14H2,1-2H3,(H,24,27). The molecule has 4 rings (SSSR count). The molecule has 1 amide bonds. The van der Waals surface area contributed by atoms with E-state index in [1.165, 1.54) is 0 Å². The first-order chi connectivity index (χ1) is 13.9. The minimum atomic E-state index is -0.274. The van der Waals surface area contributed by atoms with Crippen LogP contribution >= 0.6 is 11.6 Å². The minimum absolute atomic E-state index is 0.163. The molecule has 29 heavy (non-hydrogen) atoms. The minimum Gasteiger partial charge on any atom is -0.454 e. The van der Waals surface area contributed by atoms with Crippen molar-refractivity contribution in [1.82, 2.24) is 15.1 Å². The second-order valence-electron chi connectivity index (χ2n) is 7.65. The average Bonchev–Trinajstić information content (AvgIpc) is 3.37. The highest BCUT2D eigenvalue weighted by atomic mass is 35.5. The molecule has 1 aliphatic heterocycles. The number of carbonyl (C=O) groups is 1. The van der Waals surface area contributed by atoms with E-state index in [1.807, 2.05) is 42.5 Å². The van der Waals surface area contributed by atoms with Crippen LogP contribution in [0.15, 0.2) is 54.9 Å². The van der Waals surface area contributed by atoms with Crippen LogP contribution in [0.4, 0.5) is 0 Å². The number of hydrogen-bond donors (Lipinski definition) is 1. The summed E-state index contributed by atoms with van der Waals surface area (Å²) in [4.78, 5) is 12.6. The number of rotatable bonds is 6. The van der Waals surface area contributed by atoms with Crippen LogP contribution in [-0.4, -0.2) is 29.0 Å². The van der Waals surface area contributed by atoms with Gasteiger partial charge in [-0.3, -0.25) is 9.48 Å². The van der Waals surface area contributed by atoms with Crippen LogP contribution in [0, 0.1) is 0 Å². The molecular weight excluding hydrogens is 390 g/mol. The van der Waals surface area contributed by atoms with Gasteiger partial charge in [0.1, 0.15) is 0 Å². The smallest absolute Gasteiger partial charge is 0.254 e. The lowest BCUT2D eigenvalue weighted by Gasteiger charge is -2.25. The average molecular weight is 412 g/mol. The molecule has 0 bridgehead atoms. The Kier molecular flexibility index (Phi) is 5.20. The molecule has 0 unspecified atom stereocenters. The van der Waals surface area contributed by atoms with Gasteiger partial charge in [-0.2, -0.15) is 5.10 Å². The van der Waals surface area contributed by atoms with Crippen LogP contribution in [0.25, 0.3) is 0 Å². The lowest BCUT2D eigenvalue weighted by molar-refractivity contribution is 0.0945. The van der Waals surface area contributed by atoms with E-state index in [0.29, 0.717) is 23.7 Å². The van der Waals surface area contributed by atoms with Crippen molar-refractivity contribution in [2.24, 2.45) is 0 Å². The van der Waals surface area contributed by atoms with Gasteiger partial charge in [0.15, 0.2) is 11.5 Å². The molecule has 6 nitrogen and oxygen atoms in total. The van der Waals surface area contributed by atoms with Gasteiger partial charge in [0.05, 0.1) is 18.3 Å². The van der Waals surface area contributed by atoms with Crippen molar-refractivity contribution in [3.63, 3.8) is 0 Å². The number of hydrogen-bond acceptors (Lipinski definition) is 4. The van der Waals surface area contributed by atoms with E-state index in [2.05, 4.69) is 24.3 Å². The van der Waals surface area contributed by atoms with Gasteiger partial charge in [-0.05, 0) is 29.3 Å². The lowest BCUT2D eigenvalue weighted by Crippen LogP contribution is -2.36. The number of aromatic nitrogens is 2. The van der Waals surface area contributed by atoms with Crippen molar-refractivity contribution in [2.45, 2.75) is 25.8 Å². The molecule has 0 spiro atoms. The Balaban J connectivity index is 1.39. The fourth-order valence-corrected chi connectivity index (χ4v) is 3.39. The highest BCUT2D eigenvalue weighted by Gasteiger charge is 2.25. The maximum absolute atomic E-state index is 12.6. The van der Waals surface area contributed by atoms with Crippen molar-refractivity contribution in [2.75, 3.05) is 13.3 Å². The van der Waals surface area contributed by atoms with E-state index >= 15 is 0 Å². The quantitative estimate of drug-likeness (QED) is 0.665. The summed E-state index contributed by atoms with van der Waals surface area (Å²) in [5.74, 6) is 1.33. The van der Waals surface area contributed by atoms with Gasteiger partial charge in [0, 0.05) is 23.2 Å². The Bertz CT molecular complexity index is 1050.